The van der Waals surface area contributed by atoms with Gasteiger partial charge in [0.2, 0.25) is 0 Å². The first-order valence-corrected chi connectivity index (χ1v) is 24.4. The van der Waals surface area contributed by atoms with Crippen LogP contribution >= 0.6 is 0 Å². The van der Waals surface area contributed by atoms with Gasteiger partial charge in [0, 0.05) is 43.4 Å². The van der Waals surface area contributed by atoms with Crippen molar-refractivity contribution in [2.45, 2.75) is 0 Å². The second-order valence-electron chi connectivity index (χ2n) is 19.0. The van der Waals surface area contributed by atoms with Crippen LogP contribution in [0.25, 0.3) is 153 Å². The van der Waals surface area contributed by atoms with Crippen molar-refractivity contribution in [2.75, 3.05) is 0 Å². The van der Waals surface area contributed by atoms with E-state index in [9.17, 15) is 0 Å². The molecule has 0 saturated carbocycles. The van der Waals surface area contributed by atoms with E-state index in [-0.39, 0.29) is 0 Å². The standard InChI is InChI=1S/C68H40N2/c1-5-25-45-41(17-1)21-13-33-49(45)61-51-29-9-11-31-53(51)67-63-55(61)37-39-59-65(63)66-60(69(67)57-35-15-23-43-19-3-7-27-47(43)57)40-38-56-62(50-34-14-22-42-18-2-6-26-46(42)50)52-30-10-12-32-54(52)68(64(56)66)70(59)58-36-16-24-44-20-4-8-28-48(44)58/h1-40H. The van der Waals surface area contributed by atoms with E-state index in [0.29, 0.717) is 0 Å². The van der Waals surface area contributed by atoms with Crippen molar-refractivity contribution in [3.05, 3.63) is 243 Å². The first-order valence-electron chi connectivity index (χ1n) is 24.4. The van der Waals surface area contributed by atoms with Crippen molar-refractivity contribution in [1.29, 1.82) is 0 Å². The van der Waals surface area contributed by atoms with Gasteiger partial charge in [-0.15, -0.1) is 0 Å². The molecular weight excluding hydrogens is 845 g/mol. The zero-order valence-corrected chi connectivity index (χ0v) is 38.0. The zero-order chi connectivity index (χ0) is 45.6. The first-order chi connectivity index (χ1) is 34.8. The van der Waals surface area contributed by atoms with Crippen LogP contribution in [0.15, 0.2) is 243 Å². The number of hydrogen-bond acceptors (Lipinski definition) is 0. The van der Waals surface area contributed by atoms with Gasteiger partial charge in [-0.2, -0.15) is 0 Å². The molecule has 0 aromatic heterocycles. The number of nitrogens with zero attached hydrogens (tertiary/aromatic N) is 2. The van der Waals surface area contributed by atoms with Gasteiger partial charge in [-0.05, 0) is 100 Å². The lowest BCUT2D eigenvalue weighted by molar-refractivity contribution is 1.16. The molecule has 2 nitrogen and oxygen atoms in total. The van der Waals surface area contributed by atoms with Crippen LogP contribution in [0.1, 0.15) is 0 Å². The minimum atomic E-state index is 1.17. The van der Waals surface area contributed by atoms with Crippen LogP contribution in [0.3, 0.4) is 0 Å². The van der Waals surface area contributed by atoms with Crippen LogP contribution in [0, 0.1) is 0 Å². The van der Waals surface area contributed by atoms with Crippen molar-refractivity contribution in [1.82, 2.24) is 9.13 Å². The molecule has 2 aliphatic heterocycles. The smallest absolute Gasteiger partial charge is 0.0626 e. The molecule has 0 aliphatic carbocycles. The van der Waals surface area contributed by atoms with E-state index in [1.807, 2.05) is 0 Å². The number of rotatable bonds is 4. The van der Waals surface area contributed by atoms with E-state index < -0.39 is 0 Å². The largest absolute Gasteiger partial charge is 0.308 e. The molecule has 2 heteroatoms. The first kappa shape index (κ1) is 37.8. The number of hydrogen-bond donors (Lipinski definition) is 0. The second-order valence-corrected chi connectivity index (χ2v) is 19.0. The van der Waals surface area contributed by atoms with Crippen LogP contribution in [-0.4, -0.2) is 9.13 Å². The Kier molecular flexibility index (Phi) is 7.64. The lowest BCUT2D eigenvalue weighted by atomic mass is 9.80. The highest BCUT2D eigenvalue weighted by Crippen LogP contribution is 2.56. The molecule has 0 N–H and O–H groups in total. The molecule has 16 rings (SSSR count). The summed E-state index contributed by atoms with van der Waals surface area (Å²) in [5, 5.41) is 19.8. The maximum atomic E-state index is 2.63. The molecule has 70 heavy (non-hydrogen) atoms. The van der Waals surface area contributed by atoms with Gasteiger partial charge in [-0.1, -0.05) is 218 Å². The summed E-state index contributed by atoms with van der Waals surface area (Å²) < 4.78 is 5.27. The molecule has 322 valence electrons. The minimum Gasteiger partial charge on any atom is -0.308 e. The Bertz CT molecular complexity index is 4500. The summed E-state index contributed by atoms with van der Waals surface area (Å²) in [5.74, 6) is 0. The summed E-state index contributed by atoms with van der Waals surface area (Å²) in [4.78, 5) is 0. The third kappa shape index (κ3) is 4.96. The lowest BCUT2D eigenvalue weighted by Crippen LogP contribution is -2.12. The van der Waals surface area contributed by atoms with Crippen molar-refractivity contribution in [2.24, 2.45) is 0 Å². The molecule has 2 aliphatic rings. The summed E-state index contributed by atoms with van der Waals surface area (Å²) in [5.41, 5.74) is 14.7. The predicted molar refractivity (Wildman–Crippen MR) is 299 cm³/mol. The summed E-state index contributed by atoms with van der Waals surface area (Å²) in [6.07, 6.45) is 0. The molecule has 14 aromatic carbocycles. The number of benzene rings is 14. The summed E-state index contributed by atoms with van der Waals surface area (Å²) >= 11 is 0. The normalized spacial score (nSPS) is 12.3. The van der Waals surface area contributed by atoms with Crippen LogP contribution in [0.5, 0.6) is 0 Å². The molecule has 0 fully saturated rings. The summed E-state index contributed by atoms with van der Waals surface area (Å²) in [6.45, 7) is 0. The van der Waals surface area contributed by atoms with Gasteiger partial charge in [-0.25, -0.2) is 0 Å². The average molecular weight is 885 g/mol. The fraction of sp³-hybridized carbons (Fsp3) is 0. The quantitative estimate of drug-likeness (QED) is 0.123. The molecule has 0 spiro atoms. The van der Waals surface area contributed by atoms with Crippen LogP contribution < -0.4 is 0 Å². The molecule has 0 atom stereocenters. The van der Waals surface area contributed by atoms with Crippen LogP contribution in [-0.2, 0) is 0 Å². The van der Waals surface area contributed by atoms with E-state index in [0.717, 1.165) is 0 Å². The lowest BCUT2D eigenvalue weighted by Gasteiger charge is -2.32. The fourth-order valence-electron chi connectivity index (χ4n) is 12.8. The third-order valence-corrected chi connectivity index (χ3v) is 15.6. The van der Waals surface area contributed by atoms with Gasteiger partial charge < -0.3 is 9.13 Å². The van der Waals surface area contributed by atoms with E-state index in [1.54, 1.807) is 0 Å². The highest BCUT2D eigenvalue weighted by Gasteiger charge is 2.32. The zero-order valence-electron chi connectivity index (χ0n) is 38.0. The number of fused-ring (bicyclic) bond motifs is 8. The molecule has 2 heterocycles. The summed E-state index contributed by atoms with van der Waals surface area (Å²) in [6, 6.07) is 90.9. The second kappa shape index (κ2) is 14.1. The van der Waals surface area contributed by atoms with E-state index in [2.05, 4.69) is 252 Å². The van der Waals surface area contributed by atoms with Crippen LogP contribution in [0.2, 0.25) is 0 Å². The molecular formula is C68H40N2. The Labute approximate surface area is 402 Å². The highest BCUT2D eigenvalue weighted by atomic mass is 15.0. The van der Waals surface area contributed by atoms with Gasteiger partial charge >= 0.3 is 0 Å². The van der Waals surface area contributed by atoms with Gasteiger partial charge in [-0.3, -0.25) is 0 Å². The Balaban J connectivity index is 1.24. The predicted octanol–water partition coefficient (Wildman–Crippen LogP) is 18.7. The Morgan fingerprint density at radius 3 is 0.929 bits per heavy atom. The Hall–Kier alpha value is -9.24. The van der Waals surface area contributed by atoms with E-state index in [4.69, 9.17) is 0 Å². The Morgan fingerprint density at radius 2 is 0.514 bits per heavy atom. The highest BCUT2D eigenvalue weighted by molar-refractivity contribution is 6.38. The third-order valence-electron chi connectivity index (χ3n) is 15.6. The van der Waals surface area contributed by atoms with Gasteiger partial charge in [0.25, 0.3) is 0 Å². The maximum Gasteiger partial charge on any atom is 0.0626 e. The average Bonchev–Trinajstić information content (AvgIpc) is 3.43. The topological polar surface area (TPSA) is 9.86 Å². The molecule has 0 unspecified atom stereocenters. The van der Waals surface area contributed by atoms with Gasteiger partial charge in [0.1, 0.15) is 0 Å². The summed E-state index contributed by atoms with van der Waals surface area (Å²) in [7, 11) is 0. The number of pyridine rings is 2. The minimum absolute atomic E-state index is 1.17. The molecule has 0 saturated heterocycles. The van der Waals surface area contributed by atoms with E-state index in [1.165, 1.54) is 153 Å². The van der Waals surface area contributed by atoms with E-state index >= 15 is 0 Å². The van der Waals surface area contributed by atoms with Crippen molar-refractivity contribution in [3.8, 4) is 44.8 Å². The van der Waals surface area contributed by atoms with Crippen molar-refractivity contribution in [3.63, 3.8) is 0 Å². The van der Waals surface area contributed by atoms with Gasteiger partial charge in [0.15, 0.2) is 0 Å². The SMILES string of the molecule is c1ccc2c(-c3c4ccccc4c4c5c6c(ccc35)n(-c3cccc5ccccc35)c3c5ccccc5c(-c5cccc7ccccc57)c5ccc(c-6c53)n4-c3cccc4ccccc34)cccc2c1. The molecule has 0 radical (unpaired) electrons. The van der Waals surface area contributed by atoms with Crippen LogP contribution in [0.4, 0.5) is 0 Å². The maximum absolute atomic E-state index is 2.63. The molecule has 14 aromatic rings. The number of aromatic nitrogens is 2. The monoisotopic (exact) mass is 884 g/mol. The fourth-order valence-corrected chi connectivity index (χ4v) is 12.8. The van der Waals surface area contributed by atoms with Crippen molar-refractivity contribution < 1.29 is 0 Å². The molecule has 0 bridgehead atoms. The van der Waals surface area contributed by atoms with Crippen molar-refractivity contribution >= 4 is 108 Å². The Morgan fingerprint density at radius 1 is 0.200 bits per heavy atom. The van der Waals surface area contributed by atoms with Gasteiger partial charge in [0.05, 0.1) is 33.4 Å². The molecule has 0 amide bonds.